The van der Waals surface area contributed by atoms with E-state index in [0.29, 0.717) is 17.5 Å². The lowest BCUT2D eigenvalue weighted by Crippen LogP contribution is -2.41. The summed E-state index contributed by atoms with van der Waals surface area (Å²) in [6.07, 6.45) is 5.61. The molecule has 3 aromatic rings. The molecule has 0 spiro atoms. The zero-order chi connectivity index (χ0) is 21.2. The topological polar surface area (TPSA) is 101 Å². The molecular formula is C22H23N7O2. The molecule has 1 amide bonds. The van der Waals surface area contributed by atoms with Gasteiger partial charge >= 0.3 is 0 Å². The Morgan fingerprint density at radius 3 is 2.65 bits per heavy atom. The molecule has 5 rings (SSSR count). The van der Waals surface area contributed by atoms with Gasteiger partial charge in [0.05, 0.1) is 6.04 Å². The summed E-state index contributed by atoms with van der Waals surface area (Å²) in [4.78, 5) is 24.0. The monoisotopic (exact) mass is 417 g/mol. The van der Waals surface area contributed by atoms with Gasteiger partial charge in [-0.05, 0) is 18.4 Å². The number of amides is 1. The molecule has 158 valence electrons. The predicted octanol–water partition coefficient (Wildman–Crippen LogP) is 3.01. The fourth-order valence-corrected chi connectivity index (χ4v) is 4.16. The number of aryl methyl sites for hydroxylation is 1. The molecule has 0 saturated carbocycles. The SMILES string of the molecule is Cc1nnc(-c2cc(N3CCC(C(=O)N4N=CC[C@H]4c4ccccc4)CC3)ncn2)o1. The van der Waals surface area contributed by atoms with Crippen LogP contribution in [-0.2, 0) is 4.79 Å². The Labute approximate surface area is 179 Å². The van der Waals surface area contributed by atoms with Crippen molar-refractivity contribution in [1.29, 1.82) is 0 Å². The van der Waals surface area contributed by atoms with Crippen LogP contribution in [0.4, 0.5) is 5.82 Å². The smallest absolute Gasteiger partial charge is 0.266 e. The quantitative estimate of drug-likeness (QED) is 0.643. The van der Waals surface area contributed by atoms with Crippen molar-refractivity contribution < 1.29 is 9.21 Å². The van der Waals surface area contributed by atoms with Gasteiger partial charge in [0.2, 0.25) is 11.8 Å². The summed E-state index contributed by atoms with van der Waals surface area (Å²) in [6, 6.07) is 11.9. The van der Waals surface area contributed by atoms with Crippen molar-refractivity contribution in [1.82, 2.24) is 25.2 Å². The third kappa shape index (κ3) is 3.90. The average molecular weight is 417 g/mol. The summed E-state index contributed by atoms with van der Waals surface area (Å²) in [5.41, 5.74) is 1.72. The van der Waals surface area contributed by atoms with Crippen LogP contribution in [0.5, 0.6) is 0 Å². The molecule has 0 aliphatic carbocycles. The molecule has 9 heteroatoms. The number of carbonyl (C=O) groups excluding carboxylic acids is 1. The standard InChI is InChI=1S/C22H23N7O2/c1-15-26-27-21(31-15)18-13-20(24-14-23-18)28-11-8-17(9-12-28)22(30)29-19(7-10-25-29)16-5-3-2-4-6-16/h2-6,10,13-14,17,19H,7-9,11-12H2,1H3/t19-/m0/s1. The number of hydrogen-bond acceptors (Lipinski definition) is 8. The molecule has 1 aromatic carbocycles. The Morgan fingerprint density at radius 2 is 1.90 bits per heavy atom. The molecule has 2 aromatic heterocycles. The summed E-state index contributed by atoms with van der Waals surface area (Å²) in [5.74, 6) is 1.73. The highest BCUT2D eigenvalue weighted by atomic mass is 16.4. The highest BCUT2D eigenvalue weighted by molar-refractivity contribution is 5.82. The van der Waals surface area contributed by atoms with Gasteiger partial charge < -0.3 is 9.32 Å². The summed E-state index contributed by atoms with van der Waals surface area (Å²) in [7, 11) is 0. The van der Waals surface area contributed by atoms with Gasteiger partial charge in [-0.1, -0.05) is 30.3 Å². The van der Waals surface area contributed by atoms with Crippen molar-refractivity contribution in [2.24, 2.45) is 11.0 Å². The zero-order valence-corrected chi connectivity index (χ0v) is 17.3. The molecule has 0 radical (unpaired) electrons. The van der Waals surface area contributed by atoms with Gasteiger partial charge in [-0.15, -0.1) is 10.2 Å². The minimum atomic E-state index is -0.0439. The van der Waals surface area contributed by atoms with E-state index in [1.165, 1.54) is 6.33 Å². The molecule has 2 aliphatic heterocycles. The highest BCUT2D eigenvalue weighted by Crippen LogP contribution is 2.32. The van der Waals surface area contributed by atoms with Crippen molar-refractivity contribution >= 4 is 17.9 Å². The molecule has 9 nitrogen and oxygen atoms in total. The van der Waals surface area contributed by atoms with E-state index in [2.05, 4.69) is 42.3 Å². The van der Waals surface area contributed by atoms with Crippen LogP contribution in [0.1, 0.15) is 36.8 Å². The van der Waals surface area contributed by atoms with Crippen LogP contribution >= 0.6 is 0 Å². The van der Waals surface area contributed by atoms with Gasteiger partial charge in [-0.2, -0.15) is 5.10 Å². The fraction of sp³-hybridized carbons (Fsp3) is 0.364. The first-order chi connectivity index (χ1) is 15.2. The molecular weight excluding hydrogens is 394 g/mol. The highest BCUT2D eigenvalue weighted by Gasteiger charge is 2.35. The normalized spacial score (nSPS) is 19.2. The minimum Gasteiger partial charge on any atom is -0.420 e. The summed E-state index contributed by atoms with van der Waals surface area (Å²) in [5, 5.41) is 14.0. The van der Waals surface area contributed by atoms with Crippen LogP contribution < -0.4 is 4.90 Å². The molecule has 0 bridgehead atoms. The van der Waals surface area contributed by atoms with Crippen molar-refractivity contribution in [2.75, 3.05) is 18.0 Å². The van der Waals surface area contributed by atoms with E-state index in [1.54, 1.807) is 11.9 Å². The van der Waals surface area contributed by atoms with Crippen molar-refractivity contribution in [2.45, 2.75) is 32.2 Å². The van der Waals surface area contributed by atoms with E-state index in [0.717, 1.165) is 43.7 Å². The first-order valence-electron chi connectivity index (χ1n) is 10.5. The van der Waals surface area contributed by atoms with Crippen LogP contribution in [0.3, 0.4) is 0 Å². The minimum absolute atomic E-state index is 0.00554. The molecule has 1 atom stereocenters. The Hall–Kier alpha value is -3.62. The predicted molar refractivity (Wildman–Crippen MR) is 114 cm³/mol. The molecule has 31 heavy (non-hydrogen) atoms. The van der Waals surface area contributed by atoms with E-state index < -0.39 is 0 Å². The Balaban J connectivity index is 1.24. The fourth-order valence-electron chi connectivity index (χ4n) is 4.16. The number of nitrogens with zero attached hydrogens (tertiary/aromatic N) is 7. The van der Waals surface area contributed by atoms with Gasteiger partial charge in [0.1, 0.15) is 17.8 Å². The number of benzene rings is 1. The summed E-state index contributed by atoms with van der Waals surface area (Å²) < 4.78 is 5.47. The van der Waals surface area contributed by atoms with Crippen molar-refractivity contribution in [3.63, 3.8) is 0 Å². The summed E-state index contributed by atoms with van der Waals surface area (Å²) >= 11 is 0. The van der Waals surface area contributed by atoms with Gasteiger partial charge in [-0.25, -0.2) is 15.0 Å². The van der Waals surface area contributed by atoms with Crippen molar-refractivity contribution in [3.05, 3.63) is 54.2 Å². The lowest BCUT2D eigenvalue weighted by Gasteiger charge is -2.34. The molecule has 0 unspecified atom stereocenters. The molecule has 4 heterocycles. The number of anilines is 1. The van der Waals surface area contributed by atoms with E-state index in [-0.39, 0.29) is 17.9 Å². The maximum absolute atomic E-state index is 13.2. The maximum atomic E-state index is 13.2. The second-order valence-electron chi connectivity index (χ2n) is 7.79. The Kier molecular flexibility index (Phi) is 5.15. The largest absolute Gasteiger partial charge is 0.420 e. The van der Waals surface area contributed by atoms with Crippen LogP contribution in [0.2, 0.25) is 0 Å². The number of piperidine rings is 1. The molecule has 1 saturated heterocycles. The Bertz CT molecular complexity index is 1090. The van der Waals surface area contributed by atoms with Gasteiger partial charge in [0.25, 0.3) is 5.89 Å². The van der Waals surface area contributed by atoms with E-state index in [9.17, 15) is 4.79 Å². The third-order valence-corrected chi connectivity index (χ3v) is 5.81. The van der Waals surface area contributed by atoms with Gasteiger partial charge in [-0.3, -0.25) is 4.79 Å². The number of carbonyl (C=O) groups is 1. The van der Waals surface area contributed by atoms with E-state index in [4.69, 9.17) is 4.42 Å². The molecule has 1 fully saturated rings. The molecule has 0 N–H and O–H groups in total. The zero-order valence-electron chi connectivity index (χ0n) is 17.3. The number of hydrogen-bond donors (Lipinski definition) is 0. The van der Waals surface area contributed by atoms with Crippen molar-refractivity contribution in [3.8, 4) is 11.6 Å². The molecule has 2 aliphatic rings. The summed E-state index contributed by atoms with van der Waals surface area (Å²) in [6.45, 7) is 3.22. The second-order valence-corrected chi connectivity index (χ2v) is 7.79. The second kappa shape index (κ2) is 8.25. The van der Waals surface area contributed by atoms with Gasteiger partial charge in [0, 0.05) is 44.6 Å². The number of rotatable bonds is 4. The lowest BCUT2D eigenvalue weighted by molar-refractivity contribution is -0.138. The van der Waals surface area contributed by atoms with Crippen LogP contribution in [0.25, 0.3) is 11.6 Å². The Morgan fingerprint density at radius 1 is 1.10 bits per heavy atom. The number of aromatic nitrogens is 4. The van der Waals surface area contributed by atoms with Gasteiger partial charge in [0.15, 0.2) is 0 Å². The maximum Gasteiger partial charge on any atom is 0.266 e. The van der Waals surface area contributed by atoms with Crippen LogP contribution in [-0.4, -0.2) is 50.4 Å². The first kappa shape index (κ1) is 19.3. The average Bonchev–Trinajstić information content (AvgIpc) is 3.49. The van der Waals surface area contributed by atoms with E-state index >= 15 is 0 Å². The van der Waals surface area contributed by atoms with Crippen LogP contribution in [0, 0.1) is 12.8 Å². The van der Waals surface area contributed by atoms with E-state index in [1.807, 2.05) is 30.5 Å². The third-order valence-electron chi connectivity index (χ3n) is 5.81. The van der Waals surface area contributed by atoms with Crippen LogP contribution in [0.15, 0.2) is 52.2 Å². The number of hydrazone groups is 1. The first-order valence-corrected chi connectivity index (χ1v) is 10.5. The lowest BCUT2D eigenvalue weighted by atomic mass is 9.94.